The second-order valence-electron chi connectivity index (χ2n) is 8.78. The van der Waals surface area contributed by atoms with E-state index in [0.29, 0.717) is 19.3 Å². The molecule has 0 unspecified atom stereocenters. The molecule has 34 heavy (non-hydrogen) atoms. The van der Waals surface area contributed by atoms with E-state index in [4.69, 9.17) is 14.6 Å². The molecule has 2 aliphatic rings. The van der Waals surface area contributed by atoms with Gasteiger partial charge in [0, 0.05) is 12.5 Å². The molecule has 2 aromatic rings. The van der Waals surface area contributed by atoms with Crippen LogP contribution in [0, 0.1) is 5.92 Å². The maximum Gasteiger partial charge on any atom is 0.407 e. The van der Waals surface area contributed by atoms with Gasteiger partial charge in [0.2, 0.25) is 5.91 Å². The number of carbonyl (C=O) groups is 3. The Kier molecular flexibility index (Phi) is 7.47. The molecule has 8 nitrogen and oxygen atoms in total. The van der Waals surface area contributed by atoms with E-state index in [1.165, 1.54) is 0 Å². The highest BCUT2D eigenvalue weighted by Crippen LogP contribution is 2.44. The number of benzene rings is 2. The summed E-state index contributed by atoms with van der Waals surface area (Å²) in [7, 11) is 0. The van der Waals surface area contributed by atoms with Crippen LogP contribution in [0.3, 0.4) is 0 Å². The summed E-state index contributed by atoms with van der Waals surface area (Å²) in [5.41, 5.74) is 4.54. The van der Waals surface area contributed by atoms with E-state index in [2.05, 4.69) is 34.9 Å². The van der Waals surface area contributed by atoms with Gasteiger partial charge in [-0.05, 0) is 35.1 Å². The molecule has 0 saturated carbocycles. The van der Waals surface area contributed by atoms with Gasteiger partial charge in [0.05, 0.1) is 18.6 Å². The van der Waals surface area contributed by atoms with E-state index in [1.54, 1.807) is 0 Å². The van der Waals surface area contributed by atoms with Crippen molar-refractivity contribution in [3.05, 3.63) is 59.7 Å². The standard InChI is InChI=1S/C26H30N2O6/c1-2-7-23(24(29)27-13-17-12-16(14-33-17)25(30)31)28-26(32)34-15-22-20-10-5-3-8-18(20)19-9-4-6-11-21(19)22/h3-6,8-11,16-17,22-23H,2,7,12-15H2,1H3,(H,27,29)(H,28,32)(H,30,31)/t16-,17-,23+/m1/s1. The smallest absolute Gasteiger partial charge is 0.407 e. The summed E-state index contributed by atoms with van der Waals surface area (Å²) >= 11 is 0. The Hall–Kier alpha value is -3.39. The predicted molar refractivity (Wildman–Crippen MR) is 125 cm³/mol. The van der Waals surface area contributed by atoms with E-state index in [-0.39, 0.29) is 37.7 Å². The second-order valence-corrected chi connectivity index (χ2v) is 8.78. The summed E-state index contributed by atoms with van der Waals surface area (Å²) in [5.74, 6) is -1.84. The van der Waals surface area contributed by atoms with Crippen LogP contribution in [0.1, 0.15) is 43.2 Å². The fourth-order valence-electron chi connectivity index (χ4n) is 4.70. The zero-order valence-corrected chi connectivity index (χ0v) is 19.2. The molecule has 0 radical (unpaired) electrons. The highest BCUT2D eigenvalue weighted by atomic mass is 16.5. The minimum atomic E-state index is -0.894. The largest absolute Gasteiger partial charge is 0.481 e. The van der Waals surface area contributed by atoms with Gasteiger partial charge in [-0.25, -0.2) is 4.79 Å². The van der Waals surface area contributed by atoms with Crippen molar-refractivity contribution < 1.29 is 29.0 Å². The van der Waals surface area contributed by atoms with Crippen LogP contribution in [0.15, 0.2) is 48.5 Å². The minimum absolute atomic E-state index is 0.0571. The van der Waals surface area contributed by atoms with E-state index in [0.717, 1.165) is 22.3 Å². The van der Waals surface area contributed by atoms with Crippen LogP contribution >= 0.6 is 0 Å². The van der Waals surface area contributed by atoms with Crippen molar-refractivity contribution in [3.63, 3.8) is 0 Å². The Bertz CT molecular complexity index is 1010. The molecule has 1 aliphatic heterocycles. The quantitative estimate of drug-likeness (QED) is 0.523. The average molecular weight is 467 g/mol. The van der Waals surface area contributed by atoms with Crippen molar-refractivity contribution in [2.75, 3.05) is 19.8 Å². The normalized spacial score (nSPS) is 19.7. The molecule has 180 valence electrons. The van der Waals surface area contributed by atoms with Crippen LogP contribution in [-0.4, -0.2) is 55.0 Å². The molecular formula is C26H30N2O6. The van der Waals surface area contributed by atoms with E-state index in [1.807, 2.05) is 31.2 Å². The van der Waals surface area contributed by atoms with Gasteiger partial charge in [-0.1, -0.05) is 61.9 Å². The Morgan fingerprint density at radius 1 is 1.09 bits per heavy atom. The van der Waals surface area contributed by atoms with Crippen LogP contribution in [0.5, 0.6) is 0 Å². The van der Waals surface area contributed by atoms with Crippen molar-refractivity contribution >= 4 is 18.0 Å². The molecule has 1 aliphatic carbocycles. The highest BCUT2D eigenvalue weighted by molar-refractivity contribution is 5.85. The molecule has 2 amide bonds. The lowest BCUT2D eigenvalue weighted by Crippen LogP contribution is -2.48. The Labute approximate surface area is 198 Å². The first-order valence-electron chi connectivity index (χ1n) is 11.7. The zero-order chi connectivity index (χ0) is 24.1. The molecule has 8 heteroatoms. The first kappa shape index (κ1) is 23.8. The summed E-state index contributed by atoms with van der Waals surface area (Å²) in [6.45, 7) is 2.45. The maximum atomic E-state index is 12.7. The molecular weight excluding hydrogens is 436 g/mol. The topological polar surface area (TPSA) is 114 Å². The zero-order valence-electron chi connectivity index (χ0n) is 19.2. The van der Waals surface area contributed by atoms with Gasteiger partial charge in [-0.15, -0.1) is 0 Å². The number of hydrogen-bond acceptors (Lipinski definition) is 5. The summed E-state index contributed by atoms with van der Waals surface area (Å²) in [6, 6.07) is 15.5. The number of ether oxygens (including phenoxy) is 2. The second kappa shape index (κ2) is 10.7. The number of nitrogens with one attached hydrogen (secondary N) is 2. The third-order valence-corrected chi connectivity index (χ3v) is 6.46. The predicted octanol–water partition coefficient (Wildman–Crippen LogP) is 3.30. The number of hydrogen-bond donors (Lipinski definition) is 3. The number of amides is 2. The molecule has 2 aromatic carbocycles. The number of aliphatic carboxylic acids is 1. The third-order valence-electron chi connectivity index (χ3n) is 6.46. The number of rotatable bonds is 9. The Balaban J connectivity index is 1.31. The van der Waals surface area contributed by atoms with Gasteiger partial charge in [-0.2, -0.15) is 0 Å². The Morgan fingerprint density at radius 3 is 2.32 bits per heavy atom. The number of carboxylic acids is 1. The van der Waals surface area contributed by atoms with Crippen LogP contribution < -0.4 is 10.6 Å². The first-order valence-corrected chi connectivity index (χ1v) is 11.7. The van der Waals surface area contributed by atoms with Crippen LogP contribution in [0.25, 0.3) is 11.1 Å². The van der Waals surface area contributed by atoms with Crippen LogP contribution in [0.4, 0.5) is 4.79 Å². The van der Waals surface area contributed by atoms with Gasteiger partial charge in [0.1, 0.15) is 12.6 Å². The lowest BCUT2D eigenvalue weighted by molar-refractivity contribution is -0.141. The van der Waals surface area contributed by atoms with Gasteiger partial charge in [0.25, 0.3) is 0 Å². The number of alkyl carbamates (subject to hydrolysis) is 1. The Morgan fingerprint density at radius 2 is 1.74 bits per heavy atom. The highest BCUT2D eigenvalue weighted by Gasteiger charge is 2.32. The fraction of sp³-hybridized carbons (Fsp3) is 0.423. The van der Waals surface area contributed by atoms with Crippen LogP contribution in [0.2, 0.25) is 0 Å². The molecule has 4 rings (SSSR count). The number of carbonyl (C=O) groups excluding carboxylic acids is 2. The minimum Gasteiger partial charge on any atom is -0.481 e. The summed E-state index contributed by atoms with van der Waals surface area (Å²) in [5, 5.41) is 14.5. The monoisotopic (exact) mass is 466 g/mol. The molecule has 1 saturated heterocycles. The summed E-state index contributed by atoms with van der Waals surface area (Å²) < 4.78 is 11.0. The molecule has 0 aromatic heterocycles. The maximum absolute atomic E-state index is 12.7. The van der Waals surface area contributed by atoms with E-state index >= 15 is 0 Å². The third kappa shape index (κ3) is 5.22. The van der Waals surface area contributed by atoms with Crippen molar-refractivity contribution in [1.82, 2.24) is 10.6 Å². The lowest BCUT2D eigenvalue weighted by atomic mass is 9.98. The van der Waals surface area contributed by atoms with Gasteiger partial charge in [-0.3, -0.25) is 9.59 Å². The molecule has 1 heterocycles. The number of carboxylic acid groups (broad SMARTS) is 1. The molecule has 3 N–H and O–H groups in total. The van der Waals surface area contributed by atoms with Crippen molar-refractivity contribution in [2.24, 2.45) is 5.92 Å². The first-order chi connectivity index (χ1) is 16.5. The average Bonchev–Trinajstić information content (AvgIpc) is 3.44. The molecule has 3 atom stereocenters. The van der Waals surface area contributed by atoms with Gasteiger partial charge < -0.3 is 25.2 Å². The van der Waals surface area contributed by atoms with Gasteiger partial charge in [0.15, 0.2) is 0 Å². The SMILES string of the molecule is CCC[C@H](NC(=O)OCC1c2ccccc2-c2ccccc21)C(=O)NC[C@H]1C[C@@H](C(=O)O)CO1. The molecule has 1 fully saturated rings. The lowest BCUT2D eigenvalue weighted by Gasteiger charge is -2.20. The van der Waals surface area contributed by atoms with Crippen LogP contribution in [-0.2, 0) is 19.1 Å². The van der Waals surface area contributed by atoms with E-state index < -0.39 is 24.0 Å². The van der Waals surface area contributed by atoms with E-state index in [9.17, 15) is 14.4 Å². The molecule has 0 spiro atoms. The summed E-state index contributed by atoms with van der Waals surface area (Å²) in [6.07, 6.45) is 0.524. The summed E-state index contributed by atoms with van der Waals surface area (Å²) in [4.78, 5) is 36.3. The van der Waals surface area contributed by atoms with Crippen molar-refractivity contribution in [3.8, 4) is 11.1 Å². The van der Waals surface area contributed by atoms with Gasteiger partial charge >= 0.3 is 12.1 Å². The molecule has 0 bridgehead atoms. The van der Waals surface area contributed by atoms with Crippen molar-refractivity contribution in [2.45, 2.75) is 44.2 Å². The van der Waals surface area contributed by atoms with Crippen molar-refractivity contribution in [1.29, 1.82) is 0 Å². The fourth-order valence-corrected chi connectivity index (χ4v) is 4.70. The number of fused-ring (bicyclic) bond motifs is 3.